The van der Waals surface area contributed by atoms with Crippen LogP contribution >= 0.6 is 11.6 Å². The molecule has 3 aromatic rings. The Balaban J connectivity index is 1.61. The van der Waals surface area contributed by atoms with E-state index in [1.807, 2.05) is 0 Å². The number of nitrogens with zero attached hydrogens (tertiary/aromatic N) is 1. The molecule has 30 heavy (non-hydrogen) atoms. The van der Waals surface area contributed by atoms with Gasteiger partial charge >= 0.3 is 0 Å². The predicted octanol–water partition coefficient (Wildman–Crippen LogP) is 4.23. The Morgan fingerprint density at radius 1 is 0.933 bits per heavy atom. The van der Waals surface area contributed by atoms with Crippen LogP contribution in [-0.2, 0) is 23.1 Å². The topological polar surface area (TPSA) is 66.5 Å². The van der Waals surface area contributed by atoms with Crippen molar-refractivity contribution in [2.24, 2.45) is 0 Å². The summed E-state index contributed by atoms with van der Waals surface area (Å²) in [5.74, 6) is -0.600. The molecule has 0 radical (unpaired) electrons. The van der Waals surface area contributed by atoms with E-state index in [9.17, 15) is 17.6 Å². The monoisotopic (exact) mass is 446 g/mol. The zero-order chi connectivity index (χ0) is 21.7. The summed E-state index contributed by atoms with van der Waals surface area (Å²) >= 11 is 5.82. The van der Waals surface area contributed by atoms with E-state index >= 15 is 0 Å². The van der Waals surface area contributed by atoms with Crippen molar-refractivity contribution in [3.8, 4) is 0 Å². The molecule has 1 N–H and O–H groups in total. The van der Waals surface area contributed by atoms with Crippen LogP contribution in [0.4, 0.5) is 4.39 Å². The van der Waals surface area contributed by atoms with Gasteiger partial charge < -0.3 is 5.32 Å². The molecule has 3 rings (SSSR count). The summed E-state index contributed by atoms with van der Waals surface area (Å²) in [6.45, 7) is 0.436. The molecule has 0 fully saturated rings. The van der Waals surface area contributed by atoms with Gasteiger partial charge in [0, 0.05) is 30.7 Å². The summed E-state index contributed by atoms with van der Waals surface area (Å²) in [6.07, 6.45) is 0. The van der Waals surface area contributed by atoms with E-state index in [4.69, 9.17) is 11.6 Å². The van der Waals surface area contributed by atoms with E-state index in [1.165, 1.54) is 47.8 Å². The molecule has 0 heterocycles. The summed E-state index contributed by atoms with van der Waals surface area (Å²) in [5.41, 5.74) is 1.98. The normalized spacial score (nSPS) is 11.5. The minimum atomic E-state index is -3.65. The molecule has 0 unspecified atom stereocenters. The van der Waals surface area contributed by atoms with Gasteiger partial charge in [-0.1, -0.05) is 35.9 Å². The number of sulfonamides is 1. The van der Waals surface area contributed by atoms with Gasteiger partial charge in [-0.2, -0.15) is 4.31 Å². The van der Waals surface area contributed by atoms with E-state index in [-0.39, 0.29) is 29.7 Å². The summed E-state index contributed by atoms with van der Waals surface area (Å²) in [6, 6.07) is 18.6. The highest BCUT2D eigenvalue weighted by atomic mass is 35.5. The molecule has 3 aromatic carbocycles. The second-order valence-electron chi connectivity index (χ2n) is 6.72. The standard InChI is InChI=1S/C22H20ClFN2O3S/c1-26(30(28,29)21-12-8-19(23)9-13-21)15-17-2-6-18(7-3-17)22(27)25-14-16-4-10-20(24)11-5-16/h2-13H,14-15H2,1H3,(H,25,27). The SMILES string of the molecule is CN(Cc1ccc(C(=O)NCc2ccc(F)cc2)cc1)S(=O)(=O)c1ccc(Cl)cc1. The zero-order valence-corrected chi connectivity index (χ0v) is 17.8. The number of carbonyl (C=O) groups excluding carboxylic acids is 1. The number of rotatable bonds is 7. The van der Waals surface area contributed by atoms with Crippen molar-refractivity contribution in [3.05, 3.63) is 100 Å². The van der Waals surface area contributed by atoms with Gasteiger partial charge in [-0.15, -0.1) is 0 Å². The number of hydrogen-bond donors (Lipinski definition) is 1. The molecule has 5 nitrogen and oxygen atoms in total. The third-order valence-electron chi connectivity index (χ3n) is 4.51. The fourth-order valence-corrected chi connectivity index (χ4v) is 4.06. The average Bonchev–Trinajstić information content (AvgIpc) is 2.74. The lowest BCUT2D eigenvalue weighted by Gasteiger charge is -2.17. The second kappa shape index (κ2) is 9.38. The van der Waals surface area contributed by atoms with Crippen LogP contribution in [0, 0.1) is 5.82 Å². The van der Waals surface area contributed by atoms with Crippen LogP contribution in [0.5, 0.6) is 0 Å². The summed E-state index contributed by atoms with van der Waals surface area (Å²) in [4.78, 5) is 12.4. The highest BCUT2D eigenvalue weighted by Gasteiger charge is 2.20. The van der Waals surface area contributed by atoms with Crippen molar-refractivity contribution >= 4 is 27.5 Å². The Bertz CT molecular complexity index is 1120. The maximum absolute atomic E-state index is 12.9. The number of hydrogen-bond acceptors (Lipinski definition) is 3. The second-order valence-corrected chi connectivity index (χ2v) is 9.20. The first-order valence-corrected chi connectivity index (χ1v) is 10.9. The van der Waals surface area contributed by atoms with Crippen molar-refractivity contribution in [3.63, 3.8) is 0 Å². The lowest BCUT2D eigenvalue weighted by atomic mass is 10.1. The largest absolute Gasteiger partial charge is 0.348 e. The van der Waals surface area contributed by atoms with Crippen molar-refractivity contribution in [2.45, 2.75) is 18.0 Å². The van der Waals surface area contributed by atoms with E-state index in [2.05, 4.69) is 5.32 Å². The summed E-state index contributed by atoms with van der Waals surface area (Å²) < 4.78 is 39.5. The number of amides is 1. The Morgan fingerprint density at radius 3 is 2.10 bits per heavy atom. The molecule has 0 atom stereocenters. The number of nitrogens with one attached hydrogen (secondary N) is 1. The number of carbonyl (C=O) groups is 1. The van der Waals surface area contributed by atoms with Crippen molar-refractivity contribution in [1.29, 1.82) is 0 Å². The van der Waals surface area contributed by atoms with Crippen LogP contribution in [0.25, 0.3) is 0 Å². The smallest absolute Gasteiger partial charge is 0.251 e. The molecule has 156 valence electrons. The van der Waals surface area contributed by atoms with Crippen LogP contribution in [-0.4, -0.2) is 25.7 Å². The average molecular weight is 447 g/mol. The number of halogens is 2. The fourth-order valence-electron chi connectivity index (χ4n) is 2.78. The van der Waals surface area contributed by atoms with E-state index < -0.39 is 10.0 Å². The lowest BCUT2D eigenvalue weighted by molar-refractivity contribution is 0.0951. The molecule has 1 amide bonds. The van der Waals surface area contributed by atoms with Crippen LogP contribution in [0.2, 0.25) is 5.02 Å². The third kappa shape index (κ3) is 5.44. The third-order valence-corrected chi connectivity index (χ3v) is 6.58. The van der Waals surface area contributed by atoms with Gasteiger partial charge in [0.1, 0.15) is 5.82 Å². The summed E-state index contributed by atoms with van der Waals surface area (Å²) in [7, 11) is -2.16. The van der Waals surface area contributed by atoms with Crippen molar-refractivity contribution in [2.75, 3.05) is 7.05 Å². The maximum Gasteiger partial charge on any atom is 0.251 e. The van der Waals surface area contributed by atoms with Crippen LogP contribution in [0.15, 0.2) is 77.7 Å². The van der Waals surface area contributed by atoms with Crippen molar-refractivity contribution in [1.82, 2.24) is 9.62 Å². The van der Waals surface area contributed by atoms with Crippen LogP contribution in [0.3, 0.4) is 0 Å². The quantitative estimate of drug-likeness (QED) is 0.590. The molecule has 0 saturated heterocycles. The lowest BCUT2D eigenvalue weighted by Crippen LogP contribution is -2.26. The molecule has 0 aliphatic carbocycles. The predicted molar refractivity (Wildman–Crippen MR) is 114 cm³/mol. The molecule has 8 heteroatoms. The van der Waals surface area contributed by atoms with Crippen LogP contribution < -0.4 is 5.32 Å². The van der Waals surface area contributed by atoms with Gasteiger partial charge in [0.2, 0.25) is 10.0 Å². The fraction of sp³-hybridized carbons (Fsp3) is 0.136. The number of benzene rings is 3. The first-order chi connectivity index (χ1) is 14.3. The van der Waals surface area contributed by atoms with Gasteiger partial charge in [0.15, 0.2) is 0 Å². The maximum atomic E-state index is 12.9. The van der Waals surface area contributed by atoms with E-state index in [0.717, 1.165) is 11.1 Å². The molecule has 0 spiro atoms. The molecular formula is C22H20ClFN2O3S. The Kier molecular flexibility index (Phi) is 6.87. The van der Waals surface area contributed by atoms with Gasteiger partial charge in [-0.25, -0.2) is 12.8 Å². The molecule has 0 aromatic heterocycles. The van der Waals surface area contributed by atoms with Gasteiger partial charge in [-0.05, 0) is 59.7 Å². The first kappa shape index (κ1) is 22.0. The van der Waals surface area contributed by atoms with E-state index in [0.29, 0.717) is 10.6 Å². The van der Waals surface area contributed by atoms with Crippen LogP contribution in [0.1, 0.15) is 21.5 Å². The molecule has 0 aliphatic rings. The molecule has 0 aliphatic heterocycles. The molecule has 0 bridgehead atoms. The minimum absolute atomic E-state index is 0.155. The first-order valence-electron chi connectivity index (χ1n) is 9.09. The Labute approximate surface area is 180 Å². The van der Waals surface area contributed by atoms with Gasteiger partial charge in [0.05, 0.1) is 4.90 Å². The van der Waals surface area contributed by atoms with E-state index in [1.54, 1.807) is 36.4 Å². The molecular weight excluding hydrogens is 427 g/mol. The molecule has 0 saturated carbocycles. The highest BCUT2D eigenvalue weighted by Crippen LogP contribution is 2.19. The summed E-state index contributed by atoms with van der Waals surface area (Å²) in [5, 5.41) is 3.23. The Hall–Kier alpha value is -2.74. The minimum Gasteiger partial charge on any atom is -0.348 e. The van der Waals surface area contributed by atoms with Gasteiger partial charge in [-0.3, -0.25) is 4.79 Å². The van der Waals surface area contributed by atoms with Crippen molar-refractivity contribution < 1.29 is 17.6 Å². The van der Waals surface area contributed by atoms with Gasteiger partial charge in [0.25, 0.3) is 5.91 Å². The Morgan fingerprint density at radius 2 is 1.50 bits per heavy atom. The zero-order valence-electron chi connectivity index (χ0n) is 16.2. The highest BCUT2D eigenvalue weighted by molar-refractivity contribution is 7.89.